The summed E-state index contributed by atoms with van der Waals surface area (Å²) in [5, 5.41) is 0. The molecule has 1 aliphatic heterocycles. The molecule has 3 rings (SSSR count). The highest BCUT2D eigenvalue weighted by Gasteiger charge is 2.27. The largest absolute Gasteiger partial charge is 0.383 e. The minimum Gasteiger partial charge on any atom is -0.383 e. The Morgan fingerprint density at radius 3 is 2.41 bits per heavy atom. The van der Waals surface area contributed by atoms with Gasteiger partial charge in [-0.3, -0.25) is 14.2 Å². The van der Waals surface area contributed by atoms with Crippen molar-refractivity contribution >= 4 is 17.4 Å². The van der Waals surface area contributed by atoms with Gasteiger partial charge in [0, 0.05) is 32.7 Å². The third-order valence-electron chi connectivity index (χ3n) is 6.03. The maximum absolute atomic E-state index is 13.2. The second-order valence-corrected chi connectivity index (χ2v) is 7.96. The number of likely N-dealkylation sites (N-methyl/N-ethyl adjacent to an activating group) is 1. The molecule has 2 heterocycles. The number of carbonyl (C=O) groups is 1. The molecule has 0 unspecified atom stereocenters. The molecule has 1 saturated carbocycles. The first kappa shape index (κ1) is 21.4. The van der Waals surface area contributed by atoms with Gasteiger partial charge in [-0.25, -0.2) is 9.36 Å². The fourth-order valence-electron chi connectivity index (χ4n) is 4.28. The van der Waals surface area contributed by atoms with Gasteiger partial charge in [0.2, 0.25) is 5.91 Å². The van der Waals surface area contributed by atoms with E-state index in [1.807, 2.05) is 11.8 Å². The Balaban J connectivity index is 1.96. The van der Waals surface area contributed by atoms with Crippen molar-refractivity contribution in [1.29, 1.82) is 0 Å². The molecular weight excluding hydrogens is 374 g/mol. The fraction of sp³-hybridized carbons (Fsp3) is 0.750. The number of rotatable bonds is 6. The zero-order chi connectivity index (χ0) is 21.0. The Labute approximate surface area is 171 Å². The molecule has 1 saturated heterocycles. The number of hydrogen-bond donors (Lipinski definition) is 1. The van der Waals surface area contributed by atoms with Gasteiger partial charge in [-0.1, -0.05) is 26.2 Å². The van der Waals surface area contributed by atoms with E-state index in [4.69, 9.17) is 10.5 Å². The maximum Gasteiger partial charge on any atom is 0.333 e. The van der Waals surface area contributed by atoms with Crippen LogP contribution in [-0.4, -0.2) is 59.3 Å². The van der Waals surface area contributed by atoms with Crippen LogP contribution in [0.1, 0.15) is 45.4 Å². The molecule has 162 valence electrons. The Kier molecular flexibility index (Phi) is 7.00. The van der Waals surface area contributed by atoms with Crippen LogP contribution in [0, 0.1) is 0 Å². The molecule has 0 spiro atoms. The molecule has 0 aromatic carbocycles. The van der Waals surface area contributed by atoms with E-state index >= 15 is 0 Å². The number of morpholine rings is 1. The third kappa shape index (κ3) is 4.49. The van der Waals surface area contributed by atoms with Gasteiger partial charge in [0.05, 0.1) is 13.2 Å². The van der Waals surface area contributed by atoms with Crippen molar-refractivity contribution in [3.8, 4) is 0 Å². The van der Waals surface area contributed by atoms with Gasteiger partial charge in [0.1, 0.15) is 18.1 Å². The van der Waals surface area contributed by atoms with Crippen molar-refractivity contribution in [2.75, 3.05) is 44.0 Å². The summed E-state index contributed by atoms with van der Waals surface area (Å²) in [7, 11) is 1.77. The number of aromatic nitrogens is 2. The zero-order valence-corrected chi connectivity index (χ0v) is 17.6. The van der Waals surface area contributed by atoms with Crippen molar-refractivity contribution in [3.63, 3.8) is 0 Å². The second-order valence-electron chi connectivity index (χ2n) is 7.96. The van der Waals surface area contributed by atoms with Crippen LogP contribution in [0.2, 0.25) is 0 Å². The first-order valence-corrected chi connectivity index (χ1v) is 10.7. The topological polar surface area (TPSA) is 103 Å². The van der Waals surface area contributed by atoms with E-state index in [-0.39, 0.29) is 24.3 Å². The number of hydrogen-bond acceptors (Lipinski definition) is 6. The summed E-state index contributed by atoms with van der Waals surface area (Å²) in [4.78, 5) is 42.7. The highest BCUT2D eigenvalue weighted by molar-refractivity contribution is 5.76. The fourth-order valence-corrected chi connectivity index (χ4v) is 4.28. The number of ether oxygens (including phenoxy) is 1. The van der Waals surface area contributed by atoms with Crippen molar-refractivity contribution in [2.24, 2.45) is 0 Å². The molecule has 1 aliphatic carbocycles. The maximum atomic E-state index is 13.2. The zero-order valence-electron chi connectivity index (χ0n) is 17.6. The SMILES string of the molecule is CCCn1c(N)c(N2CCOCC2)c(=O)n(CC(=O)N(C)C2CCCCC2)c1=O. The van der Waals surface area contributed by atoms with Gasteiger partial charge in [-0.15, -0.1) is 0 Å². The normalized spacial score (nSPS) is 18.1. The predicted molar refractivity (Wildman–Crippen MR) is 112 cm³/mol. The predicted octanol–water partition coefficient (Wildman–Crippen LogP) is 0.630. The average Bonchev–Trinajstić information content (AvgIpc) is 2.75. The lowest BCUT2D eigenvalue weighted by molar-refractivity contribution is -0.133. The Morgan fingerprint density at radius 1 is 1.14 bits per heavy atom. The summed E-state index contributed by atoms with van der Waals surface area (Å²) in [5.74, 6) is -0.0371. The van der Waals surface area contributed by atoms with Gasteiger partial charge in [0.15, 0.2) is 0 Å². The number of amides is 1. The van der Waals surface area contributed by atoms with Crippen LogP contribution in [-0.2, 0) is 22.6 Å². The lowest BCUT2D eigenvalue weighted by atomic mass is 9.94. The Bertz CT molecular complexity index is 834. The standard InChI is InChI=1S/C20H33N5O4/c1-3-9-24-18(21)17(23-10-12-29-13-11-23)19(27)25(20(24)28)14-16(26)22(2)15-7-5-4-6-8-15/h15H,3-14,21H2,1-2H3. The molecule has 0 atom stereocenters. The van der Waals surface area contributed by atoms with E-state index in [1.165, 1.54) is 11.0 Å². The molecule has 1 aromatic rings. The third-order valence-corrected chi connectivity index (χ3v) is 6.03. The Hall–Kier alpha value is -2.29. The molecule has 2 N–H and O–H groups in total. The molecule has 0 bridgehead atoms. The number of nitrogen functional groups attached to an aromatic ring is 1. The summed E-state index contributed by atoms with van der Waals surface area (Å²) < 4.78 is 7.85. The highest BCUT2D eigenvalue weighted by atomic mass is 16.5. The highest BCUT2D eigenvalue weighted by Crippen LogP contribution is 2.22. The van der Waals surface area contributed by atoms with Crippen LogP contribution in [0.25, 0.3) is 0 Å². The van der Waals surface area contributed by atoms with Gasteiger partial charge in [-0.2, -0.15) is 0 Å². The number of nitrogens with two attached hydrogens (primary N) is 1. The molecule has 2 fully saturated rings. The monoisotopic (exact) mass is 407 g/mol. The number of anilines is 2. The van der Waals surface area contributed by atoms with E-state index in [2.05, 4.69) is 0 Å². The summed E-state index contributed by atoms with van der Waals surface area (Å²) in [6.07, 6.45) is 6.04. The Morgan fingerprint density at radius 2 is 1.79 bits per heavy atom. The molecule has 2 aliphatic rings. The first-order valence-electron chi connectivity index (χ1n) is 10.7. The number of nitrogens with zero attached hydrogens (tertiary/aromatic N) is 4. The molecule has 1 aromatic heterocycles. The molecule has 0 radical (unpaired) electrons. The van der Waals surface area contributed by atoms with Gasteiger partial charge in [0.25, 0.3) is 5.56 Å². The minimum atomic E-state index is -0.517. The quantitative estimate of drug-likeness (QED) is 0.742. The van der Waals surface area contributed by atoms with Gasteiger partial charge < -0.3 is 20.3 Å². The van der Waals surface area contributed by atoms with Gasteiger partial charge >= 0.3 is 5.69 Å². The van der Waals surface area contributed by atoms with Crippen molar-refractivity contribution in [1.82, 2.24) is 14.0 Å². The van der Waals surface area contributed by atoms with Gasteiger partial charge in [-0.05, 0) is 19.3 Å². The smallest absolute Gasteiger partial charge is 0.333 e. The van der Waals surface area contributed by atoms with E-state index in [0.29, 0.717) is 45.0 Å². The molecule has 9 nitrogen and oxygen atoms in total. The van der Waals surface area contributed by atoms with Crippen molar-refractivity contribution in [2.45, 2.75) is 64.6 Å². The summed E-state index contributed by atoms with van der Waals surface area (Å²) in [6.45, 7) is 4.13. The molecule has 29 heavy (non-hydrogen) atoms. The summed E-state index contributed by atoms with van der Waals surface area (Å²) >= 11 is 0. The van der Waals surface area contributed by atoms with Crippen molar-refractivity contribution < 1.29 is 9.53 Å². The van der Waals surface area contributed by atoms with E-state index < -0.39 is 11.2 Å². The first-order chi connectivity index (χ1) is 14.0. The van der Waals surface area contributed by atoms with Crippen LogP contribution >= 0.6 is 0 Å². The van der Waals surface area contributed by atoms with Crippen LogP contribution in [0.5, 0.6) is 0 Å². The van der Waals surface area contributed by atoms with E-state index in [1.54, 1.807) is 11.9 Å². The van der Waals surface area contributed by atoms with Crippen LogP contribution in [0.3, 0.4) is 0 Å². The summed E-state index contributed by atoms with van der Waals surface area (Å²) in [6, 6.07) is 0.178. The van der Waals surface area contributed by atoms with Crippen molar-refractivity contribution in [3.05, 3.63) is 20.8 Å². The van der Waals surface area contributed by atoms with E-state index in [9.17, 15) is 14.4 Å². The summed E-state index contributed by atoms with van der Waals surface area (Å²) in [5.41, 5.74) is 5.54. The van der Waals surface area contributed by atoms with Crippen LogP contribution < -0.4 is 21.9 Å². The lowest BCUT2D eigenvalue weighted by Crippen LogP contribution is -2.50. The minimum absolute atomic E-state index is 0.174. The molecule has 1 amide bonds. The molecule has 9 heteroatoms. The van der Waals surface area contributed by atoms with E-state index in [0.717, 1.165) is 30.3 Å². The molecular formula is C20H33N5O4. The lowest BCUT2D eigenvalue weighted by Gasteiger charge is -2.32. The van der Waals surface area contributed by atoms with Crippen LogP contribution in [0.15, 0.2) is 9.59 Å². The average molecular weight is 408 g/mol. The number of carbonyl (C=O) groups excluding carboxylic acids is 1. The second kappa shape index (κ2) is 9.47. The van der Waals surface area contributed by atoms with Crippen LogP contribution in [0.4, 0.5) is 11.5 Å².